The Hall–Kier alpha value is -0.803. The van der Waals surface area contributed by atoms with E-state index >= 15 is 0 Å². The van der Waals surface area contributed by atoms with Crippen LogP contribution in [0.15, 0.2) is 24.3 Å². The highest BCUT2D eigenvalue weighted by Crippen LogP contribution is 2.25. The van der Waals surface area contributed by atoms with Gasteiger partial charge in [-0.1, -0.05) is 18.6 Å². The van der Waals surface area contributed by atoms with Crippen LogP contribution >= 0.6 is 0 Å². The Balaban J connectivity index is 2.02. The van der Waals surface area contributed by atoms with Gasteiger partial charge in [0, 0.05) is 6.04 Å². The summed E-state index contributed by atoms with van der Waals surface area (Å²) in [6, 6.07) is 9.19. The smallest absolute Gasteiger partial charge is 0.242 e. The molecule has 1 aliphatic heterocycles. The molecule has 0 aliphatic carbocycles. The van der Waals surface area contributed by atoms with Crippen LogP contribution in [-0.4, -0.2) is 14.9 Å². The fraction of sp³-hybridized carbons (Fsp3) is 0.571. The zero-order chi connectivity index (χ0) is 12.3. The molecule has 0 amide bonds. The fourth-order valence-electron chi connectivity index (χ4n) is 2.26. The quantitative estimate of drug-likeness (QED) is 0.825. The molecular formula is C14H23NOSi. The molecule has 1 saturated heterocycles. The van der Waals surface area contributed by atoms with Crippen LogP contribution < -0.4 is 9.74 Å². The summed E-state index contributed by atoms with van der Waals surface area (Å²) in [5.74, 6) is 1.02. The van der Waals surface area contributed by atoms with Crippen molar-refractivity contribution in [1.29, 1.82) is 0 Å². The second-order valence-electron chi connectivity index (χ2n) is 5.79. The first-order valence-electron chi connectivity index (χ1n) is 6.57. The largest absolute Gasteiger partial charge is 0.544 e. The first-order chi connectivity index (χ1) is 8.04. The lowest BCUT2D eigenvalue weighted by Gasteiger charge is -2.24. The molecule has 0 aromatic heterocycles. The third-order valence-corrected chi connectivity index (χ3v) is 3.86. The van der Waals surface area contributed by atoms with Gasteiger partial charge in [-0.2, -0.15) is 0 Å². The number of piperidine rings is 1. The van der Waals surface area contributed by atoms with Gasteiger partial charge in [0.1, 0.15) is 5.75 Å². The monoisotopic (exact) mass is 249 g/mol. The van der Waals surface area contributed by atoms with Gasteiger partial charge in [0.2, 0.25) is 8.32 Å². The second-order valence-corrected chi connectivity index (χ2v) is 10.2. The molecule has 0 unspecified atom stereocenters. The molecule has 1 aromatic rings. The summed E-state index contributed by atoms with van der Waals surface area (Å²) < 4.78 is 5.96. The normalized spacial score (nSPS) is 21.2. The first kappa shape index (κ1) is 12.6. The van der Waals surface area contributed by atoms with Crippen LogP contribution in [0.1, 0.15) is 30.9 Å². The van der Waals surface area contributed by atoms with Crippen molar-refractivity contribution in [3.05, 3.63) is 29.8 Å². The van der Waals surface area contributed by atoms with Crippen molar-refractivity contribution in [3.8, 4) is 5.75 Å². The van der Waals surface area contributed by atoms with E-state index in [1.165, 1.54) is 24.8 Å². The van der Waals surface area contributed by atoms with Crippen LogP contribution in [0.2, 0.25) is 19.6 Å². The van der Waals surface area contributed by atoms with Crippen molar-refractivity contribution in [2.75, 3.05) is 6.54 Å². The summed E-state index contributed by atoms with van der Waals surface area (Å²) in [4.78, 5) is 0. The molecule has 1 fully saturated rings. The lowest BCUT2D eigenvalue weighted by molar-refractivity contribution is 0.412. The van der Waals surface area contributed by atoms with E-state index in [1.807, 2.05) is 0 Å². The van der Waals surface area contributed by atoms with Crippen molar-refractivity contribution in [2.24, 2.45) is 0 Å². The molecule has 1 N–H and O–H groups in total. The van der Waals surface area contributed by atoms with Crippen LogP contribution in [0.5, 0.6) is 5.75 Å². The molecule has 1 aromatic carbocycles. The minimum atomic E-state index is -1.47. The van der Waals surface area contributed by atoms with Gasteiger partial charge in [0.15, 0.2) is 0 Å². The maximum absolute atomic E-state index is 5.96. The molecule has 0 spiro atoms. The van der Waals surface area contributed by atoms with Gasteiger partial charge >= 0.3 is 0 Å². The standard InChI is InChI=1S/C14H23NOSi/c1-17(2,3)16-13-9-7-12(8-10-13)14-6-4-5-11-15-14/h7-10,14-15H,4-6,11H2,1-3H3/t14-/m1/s1. The molecule has 0 radical (unpaired) electrons. The lowest BCUT2D eigenvalue weighted by atomic mass is 9.98. The predicted molar refractivity (Wildman–Crippen MR) is 75.0 cm³/mol. The van der Waals surface area contributed by atoms with E-state index in [1.54, 1.807) is 0 Å². The Morgan fingerprint density at radius 3 is 2.35 bits per heavy atom. The van der Waals surface area contributed by atoms with Crippen LogP contribution in [0.25, 0.3) is 0 Å². The molecule has 0 saturated carbocycles. The summed E-state index contributed by atoms with van der Waals surface area (Å²) in [7, 11) is -1.47. The fourth-order valence-corrected chi connectivity index (χ4v) is 3.10. The minimum Gasteiger partial charge on any atom is -0.544 e. The van der Waals surface area contributed by atoms with Gasteiger partial charge in [-0.3, -0.25) is 0 Å². The Kier molecular flexibility index (Phi) is 3.89. The van der Waals surface area contributed by atoms with E-state index in [2.05, 4.69) is 49.2 Å². The maximum Gasteiger partial charge on any atom is 0.242 e. The molecule has 94 valence electrons. The topological polar surface area (TPSA) is 21.3 Å². The highest BCUT2D eigenvalue weighted by molar-refractivity contribution is 6.70. The van der Waals surface area contributed by atoms with Crippen LogP contribution in [0, 0.1) is 0 Å². The van der Waals surface area contributed by atoms with Crippen molar-refractivity contribution in [3.63, 3.8) is 0 Å². The summed E-state index contributed by atoms with van der Waals surface area (Å²) >= 11 is 0. The van der Waals surface area contributed by atoms with Crippen molar-refractivity contribution in [2.45, 2.75) is 44.9 Å². The summed E-state index contributed by atoms with van der Waals surface area (Å²) in [6.45, 7) is 7.79. The summed E-state index contributed by atoms with van der Waals surface area (Å²) in [6.07, 6.45) is 3.91. The number of benzene rings is 1. The predicted octanol–water partition coefficient (Wildman–Crippen LogP) is 3.71. The molecule has 0 bridgehead atoms. The van der Waals surface area contributed by atoms with Crippen molar-refractivity contribution < 1.29 is 4.43 Å². The molecule has 1 aliphatic rings. The Bertz CT molecular complexity index is 349. The average molecular weight is 249 g/mol. The Morgan fingerprint density at radius 2 is 1.82 bits per heavy atom. The second kappa shape index (κ2) is 5.23. The van der Waals surface area contributed by atoms with Gasteiger partial charge < -0.3 is 9.74 Å². The van der Waals surface area contributed by atoms with Gasteiger partial charge in [0.05, 0.1) is 0 Å². The van der Waals surface area contributed by atoms with Crippen molar-refractivity contribution >= 4 is 8.32 Å². The highest BCUT2D eigenvalue weighted by Gasteiger charge is 2.17. The van der Waals surface area contributed by atoms with Gasteiger partial charge in [-0.15, -0.1) is 0 Å². The number of hydrogen-bond acceptors (Lipinski definition) is 2. The van der Waals surface area contributed by atoms with E-state index in [0.29, 0.717) is 6.04 Å². The minimum absolute atomic E-state index is 0.546. The van der Waals surface area contributed by atoms with Gasteiger partial charge in [-0.05, 0) is 56.7 Å². The first-order valence-corrected chi connectivity index (χ1v) is 9.98. The summed E-state index contributed by atoms with van der Waals surface area (Å²) in [5.41, 5.74) is 1.40. The Morgan fingerprint density at radius 1 is 1.12 bits per heavy atom. The molecule has 2 rings (SSSR count). The Labute approximate surface area is 106 Å². The molecular weight excluding hydrogens is 226 g/mol. The third-order valence-electron chi connectivity index (χ3n) is 3.02. The number of hydrogen-bond donors (Lipinski definition) is 1. The molecule has 3 heteroatoms. The maximum atomic E-state index is 5.96. The van der Waals surface area contributed by atoms with Crippen LogP contribution in [-0.2, 0) is 0 Å². The highest BCUT2D eigenvalue weighted by atomic mass is 28.4. The van der Waals surface area contributed by atoms with E-state index in [-0.39, 0.29) is 0 Å². The molecule has 17 heavy (non-hydrogen) atoms. The SMILES string of the molecule is C[Si](C)(C)Oc1ccc([C@H]2CCCCN2)cc1. The summed E-state index contributed by atoms with van der Waals surface area (Å²) in [5, 5.41) is 3.57. The zero-order valence-electron chi connectivity index (χ0n) is 11.1. The van der Waals surface area contributed by atoms with E-state index in [0.717, 1.165) is 12.3 Å². The molecule has 2 nitrogen and oxygen atoms in total. The molecule has 1 heterocycles. The lowest BCUT2D eigenvalue weighted by Crippen LogP contribution is -2.29. The average Bonchev–Trinajstić information content (AvgIpc) is 2.29. The number of nitrogens with one attached hydrogen (secondary N) is 1. The van der Waals surface area contributed by atoms with E-state index < -0.39 is 8.32 Å². The van der Waals surface area contributed by atoms with Crippen LogP contribution in [0.3, 0.4) is 0 Å². The van der Waals surface area contributed by atoms with E-state index in [4.69, 9.17) is 4.43 Å². The van der Waals surface area contributed by atoms with Gasteiger partial charge in [0.25, 0.3) is 0 Å². The number of rotatable bonds is 3. The molecule has 1 atom stereocenters. The van der Waals surface area contributed by atoms with E-state index in [9.17, 15) is 0 Å². The van der Waals surface area contributed by atoms with Crippen LogP contribution in [0.4, 0.5) is 0 Å². The van der Waals surface area contributed by atoms with Crippen molar-refractivity contribution in [1.82, 2.24) is 5.32 Å². The third kappa shape index (κ3) is 3.86. The zero-order valence-corrected chi connectivity index (χ0v) is 12.1. The van der Waals surface area contributed by atoms with Gasteiger partial charge in [-0.25, -0.2) is 0 Å².